The fourth-order valence-corrected chi connectivity index (χ4v) is 3.01. The second-order valence-electron chi connectivity index (χ2n) is 6.41. The van der Waals surface area contributed by atoms with Gasteiger partial charge in [-0.3, -0.25) is 4.79 Å². The SMILES string of the molecule is CCCCC(C)C(=O)N1CCCC(C)(C)C1C(=O)O. The van der Waals surface area contributed by atoms with Gasteiger partial charge in [0.25, 0.3) is 0 Å². The van der Waals surface area contributed by atoms with Crippen LogP contribution in [0.4, 0.5) is 0 Å². The van der Waals surface area contributed by atoms with E-state index < -0.39 is 12.0 Å². The highest BCUT2D eigenvalue weighted by Gasteiger charge is 2.45. The quantitative estimate of drug-likeness (QED) is 0.835. The van der Waals surface area contributed by atoms with E-state index in [-0.39, 0.29) is 17.2 Å². The van der Waals surface area contributed by atoms with Gasteiger partial charge >= 0.3 is 5.97 Å². The Morgan fingerprint density at radius 1 is 1.42 bits per heavy atom. The number of carboxylic acids is 1. The van der Waals surface area contributed by atoms with Crippen LogP contribution < -0.4 is 0 Å². The monoisotopic (exact) mass is 269 g/mol. The van der Waals surface area contributed by atoms with Crippen LogP contribution in [0.15, 0.2) is 0 Å². The summed E-state index contributed by atoms with van der Waals surface area (Å²) in [6, 6.07) is -0.683. The number of carboxylic acid groups (broad SMARTS) is 1. The molecule has 1 heterocycles. The number of rotatable bonds is 5. The minimum atomic E-state index is -0.874. The first-order valence-electron chi connectivity index (χ1n) is 7.34. The largest absolute Gasteiger partial charge is 0.480 e. The average Bonchev–Trinajstić information content (AvgIpc) is 2.32. The molecule has 0 bridgehead atoms. The van der Waals surface area contributed by atoms with Crippen molar-refractivity contribution in [1.82, 2.24) is 4.90 Å². The lowest BCUT2D eigenvalue weighted by Gasteiger charge is -2.44. The van der Waals surface area contributed by atoms with E-state index >= 15 is 0 Å². The van der Waals surface area contributed by atoms with Gasteiger partial charge in [0.2, 0.25) is 5.91 Å². The molecule has 1 rings (SSSR count). The second kappa shape index (κ2) is 6.40. The Morgan fingerprint density at radius 2 is 2.05 bits per heavy atom. The van der Waals surface area contributed by atoms with Crippen LogP contribution in [0.1, 0.15) is 59.8 Å². The molecule has 0 saturated carbocycles. The van der Waals surface area contributed by atoms with Gasteiger partial charge in [0.1, 0.15) is 6.04 Å². The summed E-state index contributed by atoms with van der Waals surface area (Å²) < 4.78 is 0. The second-order valence-corrected chi connectivity index (χ2v) is 6.41. The van der Waals surface area contributed by atoms with Gasteiger partial charge in [0.05, 0.1) is 0 Å². The summed E-state index contributed by atoms with van der Waals surface area (Å²) in [7, 11) is 0. The van der Waals surface area contributed by atoms with E-state index in [1.807, 2.05) is 20.8 Å². The normalized spacial score (nSPS) is 24.0. The molecule has 2 unspecified atom stereocenters. The summed E-state index contributed by atoms with van der Waals surface area (Å²) in [5.74, 6) is -0.940. The maximum Gasteiger partial charge on any atom is 0.326 e. The van der Waals surface area contributed by atoms with Crippen molar-refractivity contribution in [3.8, 4) is 0 Å². The molecule has 1 fully saturated rings. The Balaban J connectivity index is 2.83. The molecular weight excluding hydrogens is 242 g/mol. The number of hydrogen-bond acceptors (Lipinski definition) is 2. The molecule has 0 spiro atoms. The van der Waals surface area contributed by atoms with E-state index in [4.69, 9.17) is 0 Å². The summed E-state index contributed by atoms with van der Waals surface area (Å²) in [5.41, 5.74) is -0.343. The average molecular weight is 269 g/mol. The zero-order valence-corrected chi connectivity index (χ0v) is 12.6. The number of piperidine rings is 1. The molecule has 0 aromatic rings. The van der Waals surface area contributed by atoms with Crippen molar-refractivity contribution >= 4 is 11.9 Å². The molecule has 1 amide bonds. The number of unbranched alkanes of at least 4 members (excludes halogenated alkanes) is 1. The molecule has 1 aliphatic heterocycles. The standard InChI is InChI=1S/C15H27NO3/c1-5-6-8-11(2)13(17)16-10-7-9-15(3,4)12(16)14(18)19/h11-12H,5-10H2,1-4H3,(H,18,19). The maximum absolute atomic E-state index is 12.5. The summed E-state index contributed by atoms with van der Waals surface area (Å²) >= 11 is 0. The number of aliphatic carboxylic acids is 1. The Bertz CT molecular complexity index is 338. The van der Waals surface area contributed by atoms with E-state index in [1.165, 1.54) is 0 Å². The molecule has 19 heavy (non-hydrogen) atoms. The number of nitrogens with zero attached hydrogens (tertiary/aromatic N) is 1. The van der Waals surface area contributed by atoms with Crippen molar-refractivity contribution < 1.29 is 14.7 Å². The Kier molecular flexibility index (Phi) is 5.39. The molecule has 110 valence electrons. The number of amides is 1. The van der Waals surface area contributed by atoms with Gasteiger partial charge in [-0.15, -0.1) is 0 Å². The van der Waals surface area contributed by atoms with Crippen molar-refractivity contribution in [2.24, 2.45) is 11.3 Å². The van der Waals surface area contributed by atoms with E-state index in [1.54, 1.807) is 4.90 Å². The Labute approximate surface area is 116 Å². The fourth-order valence-electron chi connectivity index (χ4n) is 3.01. The van der Waals surface area contributed by atoms with Gasteiger partial charge < -0.3 is 10.0 Å². The highest BCUT2D eigenvalue weighted by Crippen LogP contribution is 2.36. The molecule has 0 aromatic carbocycles. The minimum Gasteiger partial charge on any atom is -0.480 e. The third-order valence-corrected chi connectivity index (χ3v) is 4.20. The van der Waals surface area contributed by atoms with E-state index in [0.29, 0.717) is 6.54 Å². The van der Waals surface area contributed by atoms with Gasteiger partial charge in [-0.25, -0.2) is 4.79 Å². The van der Waals surface area contributed by atoms with E-state index in [2.05, 4.69) is 6.92 Å². The minimum absolute atomic E-state index is 0.00799. The summed E-state index contributed by atoms with van der Waals surface area (Å²) in [6.45, 7) is 8.49. The molecule has 2 atom stereocenters. The lowest BCUT2D eigenvalue weighted by atomic mass is 9.76. The summed E-state index contributed by atoms with van der Waals surface area (Å²) in [5, 5.41) is 9.46. The lowest BCUT2D eigenvalue weighted by Crippen LogP contribution is -2.57. The summed E-state index contributed by atoms with van der Waals surface area (Å²) in [6.07, 6.45) is 4.67. The lowest BCUT2D eigenvalue weighted by molar-refractivity contribution is -0.160. The van der Waals surface area contributed by atoms with Crippen molar-refractivity contribution in [1.29, 1.82) is 0 Å². The first kappa shape index (κ1) is 16.0. The van der Waals surface area contributed by atoms with Gasteiger partial charge in [-0.2, -0.15) is 0 Å². The van der Waals surface area contributed by atoms with Crippen LogP contribution in [0.2, 0.25) is 0 Å². The zero-order valence-electron chi connectivity index (χ0n) is 12.6. The zero-order chi connectivity index (χ0) is 14.6. The van der Waals surface area contributed by atoms with E-state index in [9.17, 15) is 14.7 Å². The van der Waals surface area contributed by atoms with Crippen molar-refractivity contribution in [3.63, 3.8) is 0 Å². The van der Waals surface area contributed by atoms with Gasteiger partial charge in [-0.1, -0.05) is 40.5 Å². The first-order chi connectivity index (χ1) is 8.81. The van der Waals surface area contributed by atoms with Crippen molar-refractivity contribution in [2.75, 3.05) is 6.54 Å². The van der Waals surface area contributed by atoms with Crippen LogP contribution >= 0.6 is 0 Å². The van der Waals surface area contributed by atoms with Crippen molar-refractivity contribution in [2.45, 2.75) is 65.8 Å². The molecule has 4 nitrogen and oxygen atoms in total. The summed E-state index contributed by atoms with van der Waals surface area (Å²) in [4.78, 5) is 25.6. The van der Waals surface area contributed by atoms with Crippen LogP contribution in [0.25, 0.3) is 0 Å². The van der Waals surface area contributed by atoms with Gasteiger partial charge in [0, 0.05) is 12.5 Å². The first-order valence-corrected chi connectivity index (χ1v) is 7.34. The smallest absolute Gasteiger partial charge is 0.326 e. The predicted octanol–water partition coefficient (Wildman–Crippen LogP) is 2.91. The Hall–Kier alpha value is -1.06. The highest BCUT2D eigenvalue weighted by atomic mass is 16.4. The van der Waals surface area contributed by atoms with Crippen LogP contribution in [-0.2, 0) is 9.59 Å². The van der Waals surface area contributed by atoms with Gasteiger partial charge in [0.15, 0.2) is 0 Å². The molecule has 4 heteroatoms. The molecular formula is C15H27NO3. The number of carbonyl (C=O) groups excluding carboxylic acids is 1. The molecule has 1 aliphatic rings. The Morgan fingerprint density at radius 3 is 2.58 bits per heavy atom. The van der Waals surface area contributed by atoms with Crippen LogP contribution in [0.5, 0.6) is 0 Å². The number of carbonyl (C=O) groups is 2. The fraction of sp³-hybridized carbons (Fsp3) is 0.867. The van der Waals surface area contributed by atoms with Crippen LogP contribution in [0, 0.1) is 11.3 Å². The predicted molar refractivity (Wildman–Crippen MR) is 74.8 cm³/mol. The number of likely N-dealkylation sites (tertiary alicyclic amines) is 1. The topological polar surface area (TPSA) is 57.6 Å². The van der Waals surface area contributed by atoms with Crippen LogP contribution in [-0.4, -0.2) is 34.5 Å². The molecule has 1 saturated heterocycles. The maximum atomic E-state index is 12.5. The highest BCUT2D eigenvalue weighted by molar-refractivity contribution is 5.85. The third-order valence-electron chi connectivity index (χ3n) is 4.20. The van der Waals surface area contributed by atoms with E-state index in [0.717, 1.165) is 32.1 Å². The molecule has 1 N–H and O–H groups in total. The van der Waals surface area contributed by atoms with Gasteiger partial charge in [-0.05, 0) is 24.7 Å². The van der Waals surface area contributed by atoms with Crippen LogP contribution in [0.3, 0.4) is 0 Å². The molecule has 0 aliphatic carbocycles. The third kappa shape index (κ3) is 3.71. The molecule has 0 aromatic heterocycles. The molecule has 0 radical (unpaired) electrons. The van der Waals surface area contributed by atoms with Crippen molar-refractivity contribution in [3.05, 3.63) is 0 Å². The number of hydrogen-bond donors (Lipinski definition) is 1.